The molecule has 1 N–H and O–H groups in total. The lowest BCUT2D eigenvalue weighted by Gasteiger charge is -2.22. The van der Waals surface area contributed by atoms with Crippen molar-refractivity contribution >= 4 is 17.0 Å². The summed E-state index contributed by atoms with van der Waals surface area (Å²) < 4.78 is 7.99. The summed E-state index contributed by atoms with van der Waals surface area (Å²) in [5.41, 5.74) is 2.20. The molecule has 142 valence electrons. The van der Waals surface area contributed by atoms with Crippen molar-refractivity contribution in [3.63, 3.8) is 0 Å². The van der Waals surface area contributed by atoms with Crippen molar-refractivity contribution in [1.29, 1.82) is 0 Å². The number of rotatable bonds is 7. The molecule has 3 rings (SSSR count). The zero-order chi connectivity index (χ0) is 19.1. The van der Waals surface area contributed by atoms with Crippen molar-refractivity contribution in [2.75, 3.05) is 33.8 Å². The predicted molar refractivity (Wildman–Crippen MR) is 110 cm³/mol. The highest BCUT2D eigenvalue weighted by molar-refractivity contribution is 5.79. The Kier molecular flexibility index (Phi) is 6.30. The van der Waals surface area contributed by atoms with Gasteiger partial charge < -0.3 is 19.5 Å². The van der Waals surface area contributed by atoms with E-state index in [0.717, 1.165) is 48.2 Å². The second-order valence-corrected chi connectivity index (χ2v) is 6.36. The highest BCUT2D eigenvalue weighted by Crippen LogP contribution is 2.14. The van der Waals surface area contributed by atoms with E-state index in [4.69, 9.17) is 4.74 Å². The fourth-order valence-corrected chi connectivity index (χ4v) is 3.07. The van der Waals surface area contributed by atoms with Crippen molar-refractivity contribution in [1.82, 2.24) is 19.8 Å². The Bertz CT molecular complexity index is 888. The molecule has 0 aliphatic carbocycles. The Hall–Kier alpha value is -3.02. The van der Waals surface area contributed by atoms with Gasteiger partial charge in [-0.3, -0.25) is 4.99 Å². The van der Waals surface area contributed by atoms with Gasteiger partial charge >= 0.3 is 0 Å². The van der Waals surface area contributed by atoms with Crippen molar-refractivity contribution in [2.24, 2.45) is 4.99 Å². The molecule has 2 aromatic carbocycles. The van der Waals surface area contributed by atoms with Crippen LogP contribution in [0.5, 0.6) is 5.75 Å². The van der Waals surface area contributed by atoms with Gasteiger partial charge in [0.2, 0.25) is 0 Å². The van der Waals surface area contributed by atoms with Gasteiger partial charge in [-0.2, -0.15) is 0 Å². The molecule has 0 unspecified atom stereocenters. The third-order valence-electron chi connectivity index (χ3n) is 4.48. The maximum absolute atomic E-state index is 5.76. The van der Waals surface area contributed by atoms with Crippen LogP contribution in [0.15, 0.2) is 59.6 Å². The van der Waals surface area contributed by atoms with Crippen LogP contribution in [-0.4, -0.2) is 54.2 Å². The van der Waals surface area contributed by atoms with Gasteiger partial charge in [0.05, 0.1) is 17.6 Å². The van der Waals surface area contributed by atoms with Gasteiger partial charge in [0.25, 0.3) is 0 Å². The minimum Gasteiger partial charge on any atom is -0.492 e. The predicted octanol–water partition coefficient (Wildman–Crippen LogP) is 2.93. The first kappa shape index (κ1) is 18.8. The Balaban J connectivity index is 1.49. The van der Waals surface area contributed by atoms with Gasteiger partial charge in [-0.25, -0.2) is 4.98 Å². The number of para-hydroxylation sites is 3. The molecule has 0 radical (unpaired) electrons. The molecule has 0 aliphatic heterocycles. The molecule has 0 spiro atoms. The molecule has 0 atom stereocenters. The normalized spacial score (nSPS) is 11.6. The minimum atomic E-state index is 0.604. The molecule has 0 bridgehead atoms. The van der Waals surface area contributed by atoms with E-state index in [-0.39, 0.29) is 0 Å². The van der Waals surface area contributed by atoms with Crippen LogP contribution in [0.2, 0.25) is 0 Å². The number of nitrogens with zero attached hydrogens (tertiary/aromatic N) is 4. The number of guanidine groups is 1. The summed E-state index contributed by atoms with van der Waals surface area (Å²) in [5, 5.41) is 3.42. The largest absolute Gasteiger partial charge is 0.492 e. The van der Waals surface area contributed by atoms with E-state index in [2.05, 4.69) is 30.8 Å². The summed E-state index contributed by atoms with van der Waals surface area (Å²) in [6.45, 7) is 5.01. The van der Waals surface area contributed by atoms with E-state index < -0.39 is 0 Å². The quantitative estimate of drug-likeness (QED) is 0.517. The molecule has 0 saturated heterocycles. The number of hydrogen-bond acceptors (Lipinski definition) is 3. The molecule has 3 aromatic rings. The van der Waals surface area contributed by atoms with Crippen LogP contribution < -0.4 is 10.1 Å². The van der Waals surface area contributed by atoms with Gasteiger partial charge in [-0.05, 0) is 31.2 Å². The Labute approximate surface area is 160 Å². The van der Waals surface area contributed by atoms with Gasteiger partial charge in [0.1, 0.15) is 18.2 Å². The molecule has 6 nitrogen and oxygen atoms in total. The first-order valence-corrected chi connectivity index (χ1v) is 9.20. The van der Waals surface area contributed by atoms with Crippen LogP contribution in [0.1, 0.15) is 5.82 Å². The lowest BCUT2D eigenvalue weighted by molar-refractivity contribution is 0.281. The summed E-state index contributed by atoms with van der Waals surface area (Å²) in [4.78, 5) is 11.1. The summed E-state index contributed by atoms with van der Waals surface area (Å²) in [5.74, 6) is 2.77. The van der Waals surface area contributed by atoms with Crippen LogP contribution in [0.4, 0.5) is 0 Å². The number of aliphatic imine (C=N–C) groups is 1. The van der Waals surface area contributed by atoms with Crippen LogP contribution in [-0.2, 0) is 6.54 Å². The number of hydrogen-bond donors (Lipinski definition) is 1. The molecular formula is C21H27N5O. The van der Waals surface area contributed by atoms with E-state index >= 15 is 0 Å². The summed E-state index contributed by atoms with van der Waals surface area (Å²) in [6, 6.07) is 18.1. The van der Waals surface area contributed by atoms with Gasteiger partial charge in [-0.1, -0.05) is 30.3 Å². The van der Waals surface area contributed by atoms with Gasteiger partial charge in [0.15, 0.2) is 5.96 Å². The number of imidazole rings is 1. The summed E-state index contributed by atoms with van der Waals surface area (Å²) >= 11 is 0. The average Bonchev–Trinajstić information content (AvgIpc) is 3.01. The smallest absolute Gasteiger partial charge is 0.193 e. The number of likely N-dealkylation sites (N-methyl/N-ethyl adjacent to an activating group) is 1. The average molecular weight is 365 g/mol. The minimum absolute atomic E-state index is 0.604. The monoisotopic (exact) mass is 365 g/mol. The number of benzene rings is 2. The highest BCUT2D eigenvalue weighted by atomic mass is 16.5. The van der Waals surface area contributed by atoms with Crippen LogP contribution in [0.25, 0.3) is 11.0 Å². The zero-order valence-corrected chi connectivity index (χ0v) is 16.2. The summed E-state index contributed by atoms with van der Waals surface area (Å²) in [6.07, 6.45) is 0. The molecule has 6 heteroatoms. The maximum Gasteiger partial charge on any atom is 0.193 e. The lowest BCUT2D eigenvalue weighted by atomic mass is 10.3. The Morgan fingerprint density at radius 2 is 1.89 bits per heavy atom. The molecule has 0 amide bonds. The fraction of sp³-hybridized carbons (Fsp3) is 0.333. The molecule has 1 aromatic heterocycles. The lowest BCUT2D eigenvalue weighted by Crippen LogP contribution is -2.42. The van der Waals surface area contributed by atoms with E-state index in [0.29, 0.717) is 6.61 Å². The topological polar surface area (TPSA) is 54.7 Å². The number of ether oxygens (including phenoxy) is 1. The SMILES string of the molecule is CN=C(NCCn1c(C)nc2ccccc21)N(C)CCOc1ccccc1. The molecule has 0 fully saturated rings. The second kappa shape index (κ2) is 9.07. The standard InChI is InChI=1S/C21H27N5O/c1-17-24-19-11-7-8-12-20(19)26(17)14-13-23-21(22-2)25(3)15-16-27-18-9-5-4-6-10-18/h4-12H,13-16H2,1-3H3,(H,22,23). The van der Waals surface area contributed by atoms with Gasteiger partial charge in [-0.15, -0.1) is 0 Å². The first-order chi connectivity index (χ1) is 13.2. The maximum atomic E-state index is 5.76. The second-order valence-electron chi connectivity index (χ2n) is 6.36. The number of nitrogens with one attached hydrogen (secondary N) is 1. The molecule has 27 heavy (non-hydrogen) atoms. The van der Waals surface area contributed by atoms with Crippen molar-refractivity contribution < 1.29 is 4.74 Å². The van der Waals surface area contributed by atoms with E-state index in [1.807, 2.05) is 62.5 Å². The van der Waals surface area contributed by atoms with Crippen molar-refractivity contribution in [2.45, 2.75) is 13.5 Å². The fourth-order valence-electron chi connectivity index (χ4n) is 3.07. The zero-order valence-electron chi connectivity index (χ0n) is 16.2. The third-order valence-corrected chi connectivity index (χ3v) is 4.48. The van der Waals surface area contributed by atoms with Gasteiger partial charge in [0, 0.05) is 27.2 Å². The molecule has 0 aliphatic rings. The van der Waals surface area contributed by atoms with Crippen LogP contribution in [0.3, 0.4) is 0 Å². The molecular weight excluding hydrogens is 338 g/mol. The van der Waals surface area contributed by atoms with E-state index in [1.54, 1.807) is 7.05 Å². The van der Waals surface area contributed by atoms with E-state index in [9.17, 15) is 0 Å². The molecule has 0 saturated carbocycles. The number of fused-ring (bicyclic) bond motifs is 1. The van der Waals surface area contributed by atoms with Crippen molar-refractivity contribution in [3.8, 4) is 5.75 Å². The highest BCUT2D eigenvalue weighted by Gasteiger charge is 2.08. The Morgan fingerprint density at radius 1 is 1.15 bits per heavy atom. The van der Waals surface area contributed by atoms with Crippen LogP contribution >= 0.6 is 0 Å². The number of aromatic nitrogens is 2. The Morgan fingerprint density at radius 3 is 2.67 bits per heavy atom. The number of aryl methyl sites for hydroxylation is 1. The summed E-state index contributed by atoms with van der Waals surface area (Å²) in [7, 11) is 3.82. The van der Waals surface area contributed by atoms with E-state index in [1.165, 1.54) is 0 Å². The molecule has 1 heterocycles. The van der Waals surface area contributed by atoms with Crippen LogP contribution in [0, 0.1) is 6.92 Å². The third kappa shape index (κ3) is 4.78. The van der Waals surface area contributed by atoms with Crippen molar-refractivity contribution in [3.05, 3.63) is 60.4 Å². The first-order valence-electron chi connectivity index (χ1n) is 9.20.